The Labute approximate surface area is 207 Å². The third-order valence-corrected chi connectivity index (χ3v) is 7.87. The van der Waals surface area contributed by atoms with Crippen molar-refractivity contribution >= 4 is 11.9 Å². The van der Waals surface area contributed by atoms with E-state index in [0.29, 0.717) is 36.8 Å². The number of aliphatic carboxylic acids is 1. The number of carbonyl (C=O) groups excluding carboxylic acids is 2. The molecule has 3 aliphatic heterocycles. The molecule has 4 atom stereocenters. The van der Waals surface area contributed by atoms with Gasteiger partial charge in [0.1, 0.15) is 6.04 Å². The third-order valence-electron chi connectivity index (χ3n) is 7.87. The molecule has 0 spiro atoms. The lowest BCUT2D eigenvalue weighted by molar-refractivity contribution is -0.942. The highest BCUT2D eigenvalue weighted by atomic mass is 16.4. The zero-order chi connectivity index (χ0) is 24.8. The molecule has 0 saturated carbocycles. The number of nitrogens with one attached hydrogen (secondary N) is 2. The molecule has 0 aliphatic carbocycles. The van der Waals surface area contributed by atoms with Gasteiger partial charge in [-0.1, -0.05) is 13.8 Å². The van der Waals surface area contributed by atoms with E-state index in [2.05, 4.69) is 30.2 Å². The molecule has 0 aromatic carbocycles. The molecular formula is C27H37N5O3. The van der Waals surface area contributed by atoms with E-state index in [1.165, 1.54) is 11.3 Å². The molecule has 188 valence electrons. The van der Waals surface area contributed by atoms with Crippen molar-refractivity contribution in [3.8, 4) is 11.4 Å². The highest BCUT2D eigenvalue weighted by Crippen LogP contribution is 2.36. The average Bonchev–Trinajstić information content (AvgIpc) is 2.88. The van der Waals surface area contributed by atoms with E-state index in [4.69, 9.17) is 9.97 Å². The molecule has 3 fully saturated rings. The van der Waals surface area contributed by atoms with E-state index in [0.717, 1.165) is 55.1 Å². The topological polar surface area (TPSA) is 112 Å². The highest BCUT2D eigenvalue weighted by molar-refractivity contribution is 5.76. The second kappa shape index (κ2) is 11.7. The zero-order valence-corrected chi connectivity index (χ0v) is 20.8. The summed E-state index contributed by atoms with van der Waals surface area (Å²) in [4.78, 5) is 38.4. The minimum atomic E-state index is -1.10. The van der Waals surface area contributed by atoms with Crippen molar-refractivity contribution in [3.63, 3.8) is 0 Å². The number of nitrogens with zero attached hydrogens (tertiary/aromatic N) is 3. The summed E-state index contributed by atoms with van der Waals surface area (Å²) >= 11 is 0. The Hall–Kier alpha value is -2.87. The molecule has 5 heterocycles. The second-order valence-corrected chi connectivity index (χ2v) is 10.0. The first kappa shape index (κ1) is 25.2. The molecule has 2 N–H and O–H groups in total. The summed E-state index contributed by atoms with van der Waals surface area (Å²) in [6.07, 6.45) is 8.41. The van der Waals surface area contributed by atoms with E-state index < -0.39 is 5.97 Å². The maximum atomic E-state index is 12.1. The summed E-state index contributed by atoms with van der Waals surface area (Å²) < 4.78 is 0. The molecule has 2 aromatic rings. The number of pyridine rings is 1. The molecule has 3 aliphatic rings. The summed E-state index contributed by atoms with van der Waals surface area (Å²) in [5.41, 5.74) is 3.29. The van der Waals surface area contributed by atoms with Crippen molar-refractivity contribution in [3.05, 3.63) is 42.0 Å². The van der Waals surface area contributed by atoms with Gasteiger partial charge in [-0.2, -0.15) is 0 Å². The normalized spacial score (nSPS) is 23.4. The molecule has 2 aromatic heterocycles. The predicted octanol–water partition coefficient (Wildman–Crippen LogP) is 1.24. The summed E-state index contributed by atoms with van der Waals surface area (Å²) in [6, 6.07) is 6.60. The lowest BCUT2D eigenvalue weighted by atomic mass is 9.74. The molecule has 35 heavy (non-hydrogen) atoms. The number of quaternary nitrogens is 1. The van der Waals surface area contributed by atoms with E-state index >= 15 is 0 Å². The van der Waals surface area contributed by atoms with Crippen LogP contribution in [0.15, 0.2) is 30.6 Å². The number of aromatic nitrogens is 3. The van der Waals surface area contributed by atoms with Gasteiger partial charge in [0.25, 0.3) is 0 Å². The highest BCUT2D eigenvalue weighted by Gasteiger charge is 2.45. The van der Waals surface area contributed by atoms with E-state index in [9.17, 15) is 14.7 Å². The fraction of sp³-hybridized carbons (Fsp3) is 0.593. The molecule has 5 rings (SSSR count). The van der Waals surface area contributed by atoms with Gasteiger partial charge in [0.2, 0.25) is 5.91 Å². The standard InChI is InChI=1S/C27H37N5O3/c1-3-18(4-2)23-15-24(31-27(30-23)19-8-11-28-12-9-19)22-17-32-13-10-20(22)14-21(32)16-29-25(33)6-5-7-26(34)35/h8-9,11-12,15,18,20-22H,3-7,10,13-14,16-17H2,1-2H3,(H,29,33)(H,34,35)/t20-,21+,22-/m0/s1. The van der Waals surface area contributed by atoms with Gasteiger partial charge in [0.15, 0.2) is 5.82 Å². The number of hydrogen-bond acceptors (Lipinski definition) is 6. The van der Waals surface area contributed by atoms with Crippen LogP contribution in [-0.2, 0) is 9.59 Å². The summed E-state index contributed by atoms with van der Waals surface area (Å²) in [6.45, 7) is 7.22. The number of fused-ring (bicyclic) bond motifs is 3. The van der Waals surface area contributed by atoms with Gasteiger partial charge >= 0.3 is 0 Å². The van der Waals surface area contributed by atoms with Crippen LogP contribution >= 0.6 is 0 Å². The lowest BCUT2D eigenvalue weighted by Crippen LogP contribution is -3.20. The van der Waals surface area contributed by atoms with Crippen LogP contribution in [0.25, 0.3) is 11.4 Å². The van der Waals surface area contributed by atoms with Gasteiger partial charge in [-0.15, -0.1) is 0 Å². The Morgan fingerprint density at radius 2 is 1.94 bits per heavy atom. The Bertz CT molecular complexity index is 1010. The number of hydrogen-bond donors (Lipinski definition) is 2. The van der Waals surface area contributed by atoms with Crippen LogP contribution in [0.1, 0.15) is 82.0 Å². The molecule has 3 saturated heterocycles. The fourth-order valence-corrected chi connectivity index (χ4v) is 5.82. The van der Waals surface area contributed by atoms with Crippen LogP contribution in [0.5, 0.6) is 0 Å². The Balaban J connectivity index is 1.47. The van der Waals surface area contributed by atoms with E-state index in [1.54, 1.807) is 12.4 Å². The Kier molecular flexibility index (Phi) is 8.44. The predicted molar refractivity (Wildman–Crippen MR) is 130 cm³/mol. The number of rotatable bonds is 11. The fourth-order valence-electron chi connectivity index (χ4n) is 5.82. The van der Waals surface area contributed by atoms with Crippen LogP contribution in [0.4, 0.5) is 0 Å². The van der Waals surface area contributed by atoms with Gasteiger partial charge in [-0.25, -0.2) is 9.97 Å². The minimum absolute atomic E-state index is 0.0718. The van der Waals surface area contributed by atoms with Crippen molar-refractivity contribution in [2.24, 2.45) is 5.92 Å². The maximum absolute atomic E-state index is 12.1. The quantitative estimate of drug-likeness (QED) is 0.502. The van der Waals surface area contributed by atoms with Gasteiger partial charge < -0.3 is 20.1 Å². The molecule has 0 radical (unpaired) electrons. The first-order chi connectivity index (χ1) is 17.0. The molecule has 1 unspecified atom stereocenters. The Morgan fingerprint density at radius 1 is 1.17 bits per heavy atom. The summed E-state index contributed by atoms with van der Waals surface area (Å²) in [7, 11) is 0. The minimum Gasteiger partial charge on any atom is -0.550 e. The van der Waals surface area contributed by atoms with Gasteiger partial charge in [0.05, 0.1) is 31.2 Å². The zero-order valence-electron chi connectivity index (χ0n) is 20.8. The number of carboxylic acid groups (broad SMARTS) is 1. The van der Waals surface area contributed by atoms with Crippen molar-refractivity contribution in [2.45, 2.75) is 76.7 Å². The van der Waals surface area contributed by atoms with Gasteiger partial charge in [-0.05, 0) is 49.8 Å². The van der Waals surface area contributed by atoms with Crippen molar-refractivity contribution in [2.75, 3.05) is 19.6 Å². The molecule has 8 nitrogen and oxygen atoms in total. The van der Waals surface area contributed by atoms with Crippen LogP contribution in [-0.4, -0.2) is 52.5 Å². The number of carboxylic acids is 1. The van der Waals surface area contributed by atoms with Crippen LogP contribution in [0, 0.1) is 5.92 Å². The lowest BCUT2D eigenvalue weighted by Gasteiger charge is -2.46. The largest absolute Gasteiger partial charge is 0.550 e. The maximum Gasteiger partial charge on any atom is 0.220 e. The third kappa shape index (κ3) is 6.23. The van der Waals surface area contributed by atoms with Crippen LogP contribution < -0.4 is 15.3 Å². The van der Waals surface area contributed by atoms with Crippen LogP contribution in [0.2, 0.25) is 0 Å². The van der Waals surface area contributed by atoms with Crippen molar-refractivity contribution in [1.29, 1.82) is 0 Å². The molecular weight excluding hydrogens is 442 g/mol. The number of piperidine rings is 3. The summed E-state index contributed by atoms with van der Waals surface area (Å²) in [5.74, 6) is 0.975. The first-order valence-corrected chi connectivity index (χ1v) is 13.1. The van der Waals surface area contributed by atoms with E-state index in [1.807, 2.05) is 12.1 Å². The Morgan fingerprint density at radius 3 is 2.60 bits per heavy atom. The number of amides is 1. The molecule has 8 heteroatoms. The van der Waals surface area contributed by atoms with E-state index in [-0.39, 0.29) is 18.7 Å². The SMILES string of the molecule is CCC(CC)c1cc([C@H]2C[NH+]3CC[C@H]2C[C@@H]3CNC(=O)CCCC(=O)[O-])nc(-c2ccncc2)n1. The number of carbonyl (C=O) groups is 2. The average molecular weight is 480 g/mol. The monoisotopic (exact) mass is 479 g/mol. The molecule has 2 bridgehead atoms. The van der Waals surface area contributed by atoms with Crippen molar-refractivity contribution in [1.82, 2.24) is 20.3 Å². The van der Waals surface area contributed by atoms with Crippen molar-refractivity contribution < 1.29 is 19.6 Å². The second-order valence-electron chi connectivity index (χ2n) is 10.0. The smallest absolute Gasteiger partial charge is 0.220 e. The summed E-state index contributed by atoms with van der Waals surface area (Å²) in [5, 5.41) is 13.6. The van der Waals surface area contributed by atoms with Crippen LogP contribution in [0.3, 0.4) is 0 Å². The first-order valence-electron chi connectivity index (χ1n) is 13.1. The van der Waals surface area contributed by atoms with Gasteiger partial charge in [-0.3, -0.25) is 9.78 Å². The van der Waals surface area contributed by atoms with Gasteiger partial charge in [0, 0.05) is 54.8 Å². The molecule has 1 amide bonds.